The van der Waals surface area contributed by atoms with Crippen LogP contribution in [0.15, 0.2) is 47.5 Å². The second kappa shape index (κ2) is 10.5. The molecule has 0 radical (unpaired) electrons. The minimum Gasteiger partial charge on any atom is -0.356 e. The van der Waals surface area contributed by atoms with E-state index in [0.717, 1.165) is 12.0 Å². The van der Waals surface area contributed by atoms with E-state index in [1.807, 2.05) is 41.7 Å². The second-order valence-electron chi connectivity index (χ2n) is 6.69. The number of nitrogens with one attached hydrogen (secondary N) is 2. The van der Waals surface area contributed by atoms with Crippen molar-refractivity contribution < 1.29 is 8.42 Å². The Labute approximate surface area is 166 Å². The fraction of sp³-hybridized carbons (Fsp3) is 0.450. The Kier molecular flexibility index (Phi) is 8.31. The van der Waals surface area contributed by atoms with Gasteiger partial charge in [0.1, 0.15) is 0 Å². The van der Waals surface area contributed by atoms with Crippen molar-refractivity contribution in [3.63, 3.8) is 0 Å². The van der Waals surface area contributed by atoms with Crippen molar-refractivity contribution in [3.05, 3.63) is 57.8 Å². The van der Waals surface area contributed by atoms with Crippen LogP contribution >= 0.6 is 11.3 Å². The van der Waals surface area contributed by atoms with Crippen LogP contribution in [0.2, 0.25) is 0 Å². The summed E-state index contributed by atoms with van der Waals surface area (Å²) in [6.45, 7) is 4.79. The highest BCUT2D eigenvalue weighted by atomic mass is 32.2. The van der Waals surface area contributed by atoms with Crippen LogP contribution in [-0.4, -0.2) is 39.8 Å². The number of guanidine groups is 1. The topological polar surface area (TPSA) is 70.6 Å². The van der Waals surface area contributed by atoms with Crippen LogP contribution in [-0.2, 0) is 22.0 Å². The van der Waals surface area contributed by atoms with Gasteiger partial charge in [0.2, 0.25) is 0 Å². The number of nitrogens with zero attached hydrogens (tertiary/aromatic N) is 1. The summed E-state index contributed by atoms with van der Waals surface area (Å²) >= 11 is 1.81. The predicted octanol–water partition coefficient (Wildman–Crippen LogP) is 3.16. The minimum absolute atomic E-state index is 0.0953. The van der Waals surface area contributed by atoms with Crippen molar-refractivity contribution >= 4 is 27.1 Å². The molecular formula is C20H29N3O2S2. The molecule has 5 nitrogen and oxygen atoms in total. The smallest absolute Gasteiger partial charge is 0.191 e. The second-order valence-corrected chi connectivity index (χ2v) is 10.2. The van der Waals surface area contributed by atoms with E-state index < -0.39 is 9.84 Å². The van der Waals surface area contributed by atoms with E-state index >= 15 is 0 Å². The zero-order valence-corrected chi connectivity index (χ0v) is 17.9. The molecule has 2 N–H and O–H groups in total. The number of hydrogen-bond acceptors (Lipinski definition) is 4. The largest absolute Gasteiger partial charge is 0.356 e. The third kappa shape index (κ3) is 8.13. The van der Waals surface area contributed by atoms with E-state index in [4.69, 9.17) is 0 Å². The Hall–Kier alpha value is -1.86. The van der Waals surface area contributed by atoms with Gasteiger partial charge >= 0.3 is 0 Å². The summed E-state index contributed by atoms with van der Waals surface area (Å²) in [6, 6.07) is 13.8. The Morgan fingerprint density at radius 2 is 1.93 bits per heavy atom. The van der Waals surface area contributed by atoms with Crippen molar-refractivity contribution in [2.45, 2.75) is 38.5 Å². The lowest BCUT2D eigenvalue weighted by molar-refractivity contribution is 0.591. The van der Waals surface area contributed by atoms with Gasteiger partial charge in [-0.15, -0.1) is 11.3 Å². The van der Waals surface area contributed by atoms with Gasteiger partial charge in [0, 0.05) is 35.8 Å². The van der Waals surface area contributed by atoms with Crippen LogP contribution in [0.25, 0.3) is 0 Å². The van der Waals surface area contributed by atoms with Crippen LogP contribution in [0, 0.1) is 6.92 Å². The fourth-order valence-corrected chi connectivity index (χ4v) is 5.22. The molecule has 0 aliphatic rings. The Morgan fingerprint density at radius 1 is 1.19 bits per heavy atom. The molecule has 1 heterocycles. The molecule has 0 spiro atoms. The zero-order chi connectivity index (χ0) is 19.7. The molecule has 0 aliphatic heterocycles. The lowest BCUT2D eigenvalue weighted by atomic mass is 10.2. The maximum Gasteiger partial charge on any atom is 0.191 e. The first-order chi connectivity index (χ1) is 12.9. The SMILES string of the molecule is CN=C(NCCCS(=O)(=O)Cc1ccccc1)NC(C)Cc1ccc(C)s1. The van der Waals surface area contributed by atoms with Crippen LogP contribution in [0.1, 0.15) is 28.7 Å². The van der Waals surface area contributed by atoms with Gasteiger partial charge in [-0.3, -0.25) is 4.99 Å². The minimum atomic E-state index is -3.10. The molecule has 2 rings (SSSR count). The average Bonchev–Trinajstić information content (AvgIpc) is 3.02. The van der Waals surface area contributed by atoms with Gasteiger partial charge in [-0.1, -0.05) is 30.3 Å². The number of thiophene rings is 1. The molecule has 1 unspecified atom stereocenters. The molecule has 1 aromatic carbocycles. The van der Waals surface area contributed by atoms with E-state index in [1.54, 1.807) is 7.05 Å². The molecule has 27 heavy (non-hydrogen) atoms. The van der Waals surface area contributed by atoms with Crippen molar-refractivity contribution in [2.24, 2.45) is 4.99 Å². The zero-order valence-electron chi connectivity index (χ0n) is 16.2. The summed E-state index contributed by atoms with van der Waals surface area (Å²) in [5.41, 5.74) is 0.834. The van der Waals surface area contributed by atoms with Gasteiger partial charge in [0.25, 0.3) is 0 Å². The van der Waals surface area contributed by atoms with E-state index in [1.165, 1.54) is 9.75 Å². The maximum absolute atomic E-state index is 12.2. The molecule has 0 saturated carbocycles. The highest BCUT2D eigenvalue weighted by Crippen LogP contribution is 2.16. The third-order valence-electron chi connectivity index (χ3n) is 4.06. The number of aryl methyl sites for hydroxylation is 1. The highest BCUT2D eigenvalue weighted by Gasteiger charge is 2.12. The van der Waals surface area contributed by atoms with Crippen LogP contribution < -0.4 is 10.6 Å². The molecule has 2 aromatic rings. The lowest BCUT2D eigenvalue weighted by Gasteiger charge is -2.17. The van der Waals surface area contributed by atoms with E-state index in [2.05, 4.69) is 41.6 Å². The average molecular weight is 408 g/mol. The molecule has 148 valence electrons. The summed E-state index contributed by atoms with van der Waals surface area (Å²) in [5, 5.41) is 6.56. The fourth-order valence-electron chi connectivity index (χ4n) is 2.77. The lowest BCUT2D eigenvalue weighted by Crippen LogP contribution is -2.43. The molecule has 7 heteroatoms. The van der Waals surface area contributed by atoms with Crippen molar-refractivity contribution in [2.75, 3.05) is 19.3 Å². The molecular weight excluding hydrogens is 378 g/mol. The molecule has 1 atom stereocenters. The van der Waals surface area contributed by atoms with Gasteiger partial charge in [0.05, 0.1) is 11.5 Å². The predicted molar refractivity (Wildman–Crippen MR) is 115 cm³/mol. The first-order valence-electron chi connectivity index (χ1n) is 9.15. The van der Waals surface area contributed by atoms with Gasteiger partial charge in [0.15, 0.2) is 15.8 Å². The first-order valence-corrected chi connectivity index (χ1v) is 11.8. The number of sulfone groups is 1. The van der Waals surface area contributed by atoms with E-state index in [-0.39, 0.29) is 17.5 Å². The van der Waals surface area contributed by atoms with Gasteiger partial charge in [-0.2, -0.15) is 0 Å². The standard InChI is InChI=1S/C20H29N3O2S2/c1-16(14-19-11-10-17(2)26-19)23-20(21-3)22-12-7-13-27(24,25)15-18-8-5-4-6-9-18/h4-6,8-11,16H,7,12-15H2,1-3H3,(H2,21,22,23). The Bertz CT molecular complexity index is 830. The normalized spacial score (nSPS) is 13.4. The van der Waals surface area contributed by atoms with Gasteiger partial charge in [-0.25, -0.2) is 8.42 Å². The van der Waals surface area contributed by atoms with Crippen LogP contribution in [0.5, 0.6) is 0 Å². The van der Waals surface area contributed by atoms with Gasteiger partial charge < -0.3 is 10.6 Å². The Morgan fingerprint density at radius 3 is 2.56 bits per heavy atom. The summed E-state index contributed by atoms with van der Waals surface area (Å²) in [4.78, 5) is 6.88. The van der Waals surface area contributed by atoms with Crippen molar-refractivity contribution in [3.8, 4) is 0 Å². The maximum atomic E-state index is 12.2. The van der Waals surface area contributed by atoms with Crippen LogP contribution in [0.3, 0.4) is 0 Å². The summed E-state index contributed by atoms with van der Waals surface area (Å²) in [5.74, 6) is 0.963. The molecule has 0 fully saturated rings. The van der Waals surface area contributed by atoms with Crippen molar-refractivity contribution in [1.82, 2.24) is 10.6 Å². The Balaban J connectivity index is 1.71. The molecule has 0 saturated heterocycles. The van der Waals surface area contributed by atoms with E-state index in [0.29, 0.717) is 18.9 Å². The molecule has 0 amide bonds. The number of hydrogen-bond donors (Lipinski definition) is 2. The van der Waals surface area contributed by atoms with Crippen molar-refractivity contribution in [1.29, 1.82) is 0 Å². The number of rotatable bonds is 9. The number of benzene rings is 1. The molecule has 0 bridgehead atoms. The summed E-state index contributed by atoms with van der Waals surface area (Å²) in [6.07, 6.45) is 1.49. The van der Waals surface area contributed by atoms with E-state index in [9.17, 15) is 8.42 Å². The monoisotopic (exact) mass is 407 g/mol. The first kappa shape index (κ1) is 21.4. The molecule has 1 aromatic heterocycles. The third-order valence-corrected chi connectivity index (χ3v) is 6.77. The summed E-state index contributed by atoms with van der Waals surface area (Å²) in [7, 11) is -1.37. The number of aliphatic imine (C=N–C) groups is 1. The molecule has 0 aliphatic carbocycles. The van der Waals surface area contributed by atoms with Crippen LogP contribution in [0.4, 0.5) is 0 Å². The summed E-state index contributed by atoms with van der Waals surface area (Å²) < 4.78 is 24.4. The quantitative estimate of drug-likeness (QED) is 0.381. The van der Waals surface area contributed by atoms with Gasteiger partial charge in [-0.05, 0) is 38.0 Å². The highest BCUT2D eigenvalue weighted by molar-refractivity contribution is 7.90.